The summed E-state index contributed by atoms with van der Waals surface area (Å²) in [5.41, 5.74) is 3.37. The minimum atomic E-state index is -0.356. The van der Waals surface area contributed by atoms with Gasteiger partial charge in [-0.3, -0.25) is 9.69 Å². The molecule has 32 heavy (non-hydrogen) atoms. The molecule has 0 bridgehead atoms. The zero-order valence-corrected chi connectivity index (χ0v) is 18.5. The van der Waals surface area contributed by atoms with Gasteiger partial charge in [-0.25, -0.2) is 4.98 Å². The number of nitrogens with one attached hydrogen (secondary N) is 1. The first-order valence-corrected chi connectivity index (χ1v) is 11.0. The van der Waals surface area contributed by atoms with Gasteiger partial charge >= 0.3 is 0 Å². The second-order valence-corrected chi connectivity index (χ2v) is 8.60. The Morgan fingerprint density at radius 3 is 2.94 bits per heavy atom. The standard InChI is InChI=1S/C25H28N4O3/c1-31-18-8-9-21-19(12-18)20(13-26-21)24(30)14-28-11-5-10-25(15-28,32-2)16-29-17-27-22-6-3-4-7-23(22)29/h3-4,6-9,12-13,17,26H,5,10-11,14-16H2,1-2H3/t25-/m0/s1. The van der Waals surface area contributed by atoms with Gasteiger partial charge in [-0.1, -0.05) is 12.1 Å². The molecule has 1 saturated heterocycles. The van der Waals surface area contributed by atoms with Crippen LogP contribution in [0.15, 0.2) is 55.0 Å². The summed E-state index contributed by atoms with van der Waals surface area (Å²) < 4.78 is 13.6. The fourth-order valence-electron chi connectivity index (χ4n) is 4.88. The van der Waals surface area contributed by atoms with Gasteiger partial charge in [0.1, 0.15) is 5.75 Å². The summed E-state index contributed by atoms with van der Waals surface area (Å²) in [7, 11) is 3.41. The molecular formula is C25H28N4O3. The zero-order valence-electron chi connectivity index (χ0n) is 18.5. The molecule has 1 fully saturated rings. The van der Waals surface area contributed by atoms with E-state index in [9.17, 15) is 4.79 Å². The number of benzene rings is 2. The molecule has 3 heterocycles. The third kappa shape index (κ3) is 3.78. The first-order chi connectivity index (χ1) is 15.6. The summed E-state index contributed by atoms with van der Waals surface area (Å²) in [6.07, 6.45) is 5.62. The predicted octanol–water partition coefficient (Wildman–Crippen LogP) is 3.89. The highest BCUT2D eigenvalue weighted by Crippen LogP contribution is 2.29. The number of rotatable bonds is 7. The number of imidazole rings is 1. The van der Waals surface area contributed by atoms with Crippen molar-refractivity contribution in [2.75, 3.05) is 33.9 Å². The summed E-state index contributed by atoms with van der Waals surface area (Å²) >= 11 is 0. The molecule has 0 unspecified atom stereocenters. The molecule has 1 atom stereocenters. The summed E-state index contributed by atoms with van der Waals surface area (Å²) in [5, 5.41) is 0.897. The van der Waals surface area contributed by atoms with Crippen molar-refractivity contribution in [2.45, 2.75) is 25.0 Å². The SMILES string of the molecule is COc1ccc2[nH]cc(C(=O)CN3CCC[C@](Cn4cnc5ccccc54)(OC)C3)c2c1. The molecule has 0 aliphatic carbocycles. The van der Waals surface area contributed by atoms with E-state index in [0.29, 0.717) is 25.2 Å². The van der Waals surface area contributed by atoms with Crippen LogP contribution in [0, 0.1) is 0 Å². The smallest absolute Gasteiger partial charge is 0.178 e. The number of aromatic amines is 1. The van der Waals surface area contributed by atoms with Crippen molar-refractivity contribution >= 4 is 27.7 Å². The number of aromatic nitrogens is 3. The van der Waals surface area contributed by atoms with Crippen LogP contribution < -0.4 is 4.74 Å². The largest absolute Gasteiger partial charge is 0.497 e. The first-order valence-electron chi connectivity index (χ1n) is 11.0. The van der Waals surface area contributed by atoms with Gasteiger partial charge in [-0.05, 0) is 49.7 Å². The Kier molecular flexibility index (Phi) is 5.45. The van der Waals surface area contributed by atoms with Gasteiger partial charge in [0, 0.05) is 36.3 Å². The number of para-hydroxylation sites is 2. The number of fused-ring (bicyclic) bond motifs is 2. The molecule has 7 nitrogen and oxygen atoms in total. The Labute approximate surface area is 186 Å². The summed E-state index contributed by atoms with van der Waals surface area (Å²) in [6.45, 7) is 2.65. The Bertz CT molecular complexity index is 1260. The highest BCUT2D eigenvalue weighted by Gasteiger charge is 2.37. The van der Waals surface area contributed by atoms with Crippen LogP contribution in [0.4, 0.5) is 0 Å². The number of ether oxygens (including phenoxy) is 2. The number of carbonyl (C=O) groups excluding carboxylic acids is 1. The topological polar surface area (TPSA) is 72.4 Å². The van der Waals surface area contributed by atoms with Crippen molar-refractivity contribution in [3.63, 3.8) is 0 Å². The number of H-pyrrole nitrogens is 1. The molecule has 0 radical (unpaired) electrons. The average Bonchev–Trinajstić information content (AvgIpc) is 3.43. The number of likely N-dealkylation sites (tertiary alicyclic amines) is 1. The lowest BCUT2D eigenvalue weighted by Crippen LogP contribution is -2.52. The van der Waals surface area contributed by atoms with Crippen molar-refractivity contribution in [3.8, 4) is 5.75 Å². The molecule has 166 valence electrons. The van der Waals surface area contributed by atoms with E-state index in [1.807, 2.05) is 42.7 Å². The fourth-order valence-corrected chi connectivity index (χ4v) is 4.88. The fraction of sp³-hybridized carbons (Fsp3) is 0.360. The van der Waals surface area contributed by atoms with E-state index in [2.05, 4.69) is 25.5 Å². The van der Waals surface area contributed by atoms with Crippen LogP contribution in [0.3, 0.4) is 0 Å². The van der Waals surface area contributed by atoms with Crippen LogP contribution in [-0.2, 0) is 11.3 Å². The average molecular weight is 433 g/mol. The van der Waals surface area contributed by atoms with E-state index >= 15 is 0 Å². The quantitative estimate of drug-likeness (QED) is 0.449. The summed E-state index contributed by atoms with van der Waals surface area (Å²) in [6, 6.07) is 13.9. The maximum atomic E-state index is 13.2. The maximum Gasteiger partial charge on any atom is 0.178 e. The third-order valence-electron chi connectivity index (χ3n) is 6.59. The molecular weight excluding hydrogens is 404 g/mol. The van der Waals surface area contributed by atoms with E-state index in [1.54, 1.807) is 20.4 Å². The molecule has 0 amide bonds. The lowest BCUT2D eigenvalue weighted by molar-refractivity contribution is -0.0728. The van der Waals surface area contributed by atoms with Gasteiger partial charge in [0.05, 0.1) is 43.2 Å². The van der Waals surface area contributed by atoms with E-state index in [0.717, 1.165) is 47.1 Å². The number of ketones is 1. The minimum absolute atomic E-state index is 0.101. The van der Waals surface area contributed by atoms with Gasteiger partial charge in [-0.15, -0.1) is 0 Å². The second-order valence-electron chi connectivity index (χ2n) is 8.60. The maximum absolute atomic E-state index is 13.2. The number of hydrogen-bond acceptors (Lipinski definition) is 5. The van der Waals surface area contributed by atoms with Crippen LogP contribution >= 0.6 is 0 Å². The Hall–Kier alpha value is -3.16. The molecule has 0 saturated carbocycles. The van der Waals surface area contributed by atoms with E-state index in [1.165, 1.54) is 0 Å². The van der Waals surface area contributed by atoms with Crippen LogP contribution in [0.25, 0.3) is 21.9 Å². The lowest BCUT2D eigenvalue weighted by atomic mass is 9.91. The zero-order chi connectivity index (χ0) is 22.1. The van der Waals surface area contributed by atoms with Crippen LogP contribution in [-0.4, -0.2) is 64.7 Å². The van der Waals surface area contributed by atoms with Crippen LogP contribution in [0.5, 0.6) is 5.75 Å². The first kappa shape index (κ1) is 20.7. The minimum Gasteiger partial charge on any atom is -0.497 e. The molecule has 2 aromatic heterocycles. The number of methoxy groups -OCH3 is 2. The molecule has 7 heteroatoms. The van der Waals surface area contributed by atoms with Crippen molar-refractivity contribution in [1.82, 2.24) is 19.4 Å². The number of nitrogens with zero attached hydrogens (tertiary/aromatic N) is 3. The predicted molar refractivity (Wildman–Crippen MR) is 124 cm³/mol. The molecule has 4 aromatic rings. The Balaban J connectivity index is 1.34. The van der Waals surface area contributed by atoms with Gasteiger partial charge in [-0.2, -0.15) is 0 Å². The molecule has 5 rings (SSSR count). The Morgan fingerprint density at radius 1 is 1.22 bits per heavy atom. The normalized spacial score (nSPS) is 19.6. The van der Waals surface area contributed by atoms with E-state index in [-0.39, 0.29) is 11.4 Å². The highest BCUT2D eigenvalue weighted by molar-refractivity contribution is 6.09. The summed E-state index contributed by atoms with van der Waals surface area (Å²) in [4.78, 5) is 23.2. The second kappa shape index (κ2) is 8.41. The summed E-state index contributed by atoms with van der Waals surface area (Å²) in [5.74, 6) is 0.847. The van der Waals surface area contributed by atoms with Crippen molar-refractivity contribution in [2.24, 2.45) is 0 Å². The van der Waals surface area contributed by atoms with Gasteiger partial charge in [0.25, 0.3) is 0 Å². The monoisotopic (exact) mass is 432 g/mol. The lowest BCUT2D eigenvalue weighted by Gasteiger charge is -2.42. The van der Waals surface area contributed by atoms with E-state index < -0.39 is 0 Å². The number of Topliss-reactive ketones (excluding diaryl/α,β-unsaturated/α-hetero) is 1. The molecule has 2 aromatic carbocycles. The molecule has 1 aliphatic heterocycles. The van der Waals surface area contributed by atoms with Crippen molar-refractivity contribution in [1.29, 1.82) is 0 Å². The van der Waals surface area contributed by atoms with E-state index in [4.69, 9.17) is 9.47 Å². The number of hydrogen-bond donors (Lipinski definition) is 1. The molecule has 0 spiro atoms. The Morgan fingerprint density at radius 2 is 2.09 bits per heavy atom. The highest BCUT2D eigenvalue weighted by atomic mass is 16.5. The number of carbonyl (C=O) groups is 1. The van der Waals surface area contributed by atoms with Gasteiger partial charge in [0.2, 0.25) is 0 Å². The van der Waals surface area contributed by atoms with Gasteiger partial charge in [0.15, 0.2) is 5.78 Å². The van der Waals surface area contributed by atoms with Gasteiger partial charge < -0.3 is 19.0 Å². The van der Waals surface area contributed by atoms with Crippen molar-refractivity contribution < 1.29 is 14.3 Å². The third-order valence-corrected chi connectivity index (χ3v) is 6.59. The van der Waals surface area contributed by atoms with Crippen molar-refractivity contribution in [3.05, 3.63) is 60.6 Å². The molecule has 1 aliphatic rings. The molecule has 1 N–H and O–H groups in total. The van der Waals surface area contributed by atoms with Crippen LogP contribution in [0.2, 0.25) is 0 Å². The van der Waals surface area contributed by atoms with Crippen LogP contribution in [0.1, 0.15) is 23.2 Å². The number of piperidine rings is 1.